The van der Waals surface area contributed by atoms with Crippen molar-refractivity contribution in [3.8, 4) is 0 Å². The van der Waals surface area contributed by atoms with Crippen LogP contribution < -0.4 is 5.56 Å². The van der Waals surface area contributed by atoms with E-state index in [9.17, 15) is 4.79 Å². The van der Waals surface area contributed by atoms with Gasteiger partial charge in [0.2, 0.25) is 0 Å². The summed E-state index contributed by atoms with van der Waals surface area (Å²) < 4.78 is 1.62. The lowest BCUT2D eigenvalue weighted by Crippen LogP contribution is -2.28. The van der Waals surface area contributed by atoms with Crippen molar-refractivity contribution in [1.29, 1.82) is 0 Å². The van der Waals surface area contributed by atoms with Gasteiger partial charge in [0.1, 0.15) is 5.65 Å². The second-order valence-electron chi connectivity index (χ2n) is 6.72. The van der Waals surface area contributed by atoms with Crippen LogP contribution in [0.4, 0.5) is 0 Å². The quantitative estimate of drug-likeness (QED) is 0.871. The van der Waals surface area contributed by atoms with Gasteiger partial charge in [0.05, 0.1) is 5.69 Å². The van der Waals surface area contributed by atoms with E-state index < -0.39 is 0 Å². The largest absolute Gasteiger partial charge is 0.300 e. The predicted octanol–water partition coefficient (Wildman–Crippen LogP) is 3.02. The minimum atomic E-state index is 0.00904. The monoisotopic (exact) mass is 299 g/mol. The number of hydrogen-bond donors (Lipinski definition) is 0. The molecule has 118 valence electrons. The average molecular weight is 299 g/mol. The average Bonchev–Trinajstić information content (AvgIpc) is 2.49. The maximum atomic E-state index is 12.2. The Kier molecular flexibility index (Phi) is 4.57. The summed E-state index contributed by atoms with van der Waals surface area (Å²) in [6.07, 6.45) is 8.67. The standard InChI is InChI=1S/C18H25N3O/c1-14-8-9-17-19-16(10-18(22)21(17)11-14)13-20(2)12-15-6-4-3-5-7-15/h8-11,15H,3-7,12-13H2,1-2H3. The highest BCUT2D eigenvalue weighted by atomic mass is 16.1. The number of nitrogens with zero attached hydrogens (tertiary/aromatic N) is 3. The summed E-state index contributed by atoms with van der Waals surface area (Å²) in [5, 5.41) is 0. The highest BCUT2D eigenvalue weighted by Gasteiger charge is 2.16. The smallest absolute Gasteiger partial charge is 0.258 e. The van der Waals surface area contributed by atoms with Crippen LogP contribution in [-0.2, 0) is 6.54 Å². The van der Waals surface area contributed by atoms with Crippen LogP contribution in [-0.4, -0.2) is 27.9 Å². The molecule has 0 bridgehead atoms. The molecule has 4 nitrogen and oxygen atoms in total. The molecule has 2 aromatic heterocycles. The second kappa shape index (κ2) is 6.61. The van der Waals surface area contributed by atoms with Gasteiger partial charge in [0, 0.05) is 25.4 Å². The van der Waals surface area contributed by atoms with Crippen molar-refractivity contribution in [3.05, 3.63) is 46.0 Å². The van der Waals surface area contributed by atoms with Crippen LogP contribution in [0.2, 0.25) is 0 Å². The van der Waals surface area contributed by atoms with Gasteiger partial charge in [0.25, 0.3) is 5.56 Å². The predicted molar refractivity (Wildman–Crippen MR) is 89.1 cm³/mol. The molecular formula is C18H25N3O. The first-order valence-electron chi connectivity index (χ1n) is 8.29. The summed E-state index contributed by atoms with van der Waals surface area (Å²) in [4.78, 5) is 19.2. The van der Waals surface area contributed by atoms with Crippen molar-refractivity contribution in [3.63, 3.8) is 0 Å². The molecule has 0 saturated heterocycles. The molecule has 0 spiro atoms. The number of aryl methyl sites for hydroxylation is 1. The molecule has 0 unspecified atom stereocenters. The molecule has 4 heteroatoms. The lowest BCUT2D eigenvalue weighted by atomic mass is 9.89. The van der Waals surface area contributed by atoms with E-state index in [1.54, 1.807) is 10.5 Å². The van der Waals surface area contributed by atoms with Crippen molar-refractivity contribution in [2.24, 2.45) is 5.92 Å². The van der Waals surface area contributed by atoms with Gasteiger partial charge in [0.15, 0.2) is 0 Å². The molecule has 1 aliphatic carbocycles. The lowest BCUT2D eigenvalue weighted by Gasteiger charge is -2.26. The van der Waals surface area contributed by atoms with E-state index in [0.717, 1.165) is 35.9 Å². The first-order chi connectivity index (χ1) is 10.6. The zero-order valence-corrected chi connectivity index (χ0v) is 13.6. The molecule has 0 aliphatic heterocycles. The van der Waals surface area contributed by atoms with Gasteiger partial charge in [-0.2, -0.15) is 0 Å². The lowest BCUT2D eigenvalue weighted by molar-refractivity contribution is 0.226. The highest BCUT2D eigenvalue weighted by molar-refractivity contribution is 5.39. The fourth-order valence-electron chi connectivity index (χ4n) is 3.49. The topological polar surface area (TPSA) is 37.6 Å². The maximum absolute atomic E-state index is 12.2. The Bertz CT molecular complexity index is 701. The summed E-state index contributed by atoms with van der Waals surface area (Å²) in [7, 11) is 2.13. The number of rotatable bonds is 4. The first kappa shape index (κ1) is 15.2. The molecule has 22 heavy (non-hydrogen) atoms. The molecule has 1 aliphatic rings. The van der Waals surface area contributed by atoms with E-state index in [-0.39, 0.29) is 5.56 Å². The molecule has 0 amide bonds. The van der Waals surface area contributed by atoms with Crippen molar-refractivity contribution in [1.82, 2.24) is 14.3 Å². The Morgan fingerprint density at radius 2 is 2.05 bits per heavy atom. The highest BCUT2D eigenvalue weighted by Crippen LogP contribution is 2.24. The minimum Gasteiger partial charge on any atom is -0.300 e. The van der Waals surface area contributed by atoms with Crippen LogP contribution >= 0.6 is 0 Å². The van der Waals surface area contributed by atoms with E-state index in [4.69, 9.17) is 0 Å². The zero-order valence-electron chi connectivity index (χ0n) is 13.6. The van der Waals surface area contributed by atoms with Gasteiger partial charge in [-0.25, -0.2) is 4.98 Å². The van der Waals surface area contributed by atoms with Crippen molar-refractivity contribution in [2.75, 3.05) is 13.6 Å². The third-order valence-corrected chi connectivity index (χ3v) is 4.59. The van der Waals surface area contributed by atoms with E-state index in [1.165, 1.54) is 32.1 Å². The molecule has 2 aromatic rings. The second-order valence-corrected chi connectivity index (χ2v) is 6.72. The SMILES string of the molecule is Cc1ccc2nc(CN(C)CC3CCCCC3)cc(=O)n2c1. The van der Waals surface area contributed by atoms with Gasteiger partial charge in [-0.05, 0) is 44.4 Å². The Hall–Kier alpha value is -1.68. The third-order valence-electron chi connectivity index (χ3n) is 4.59. The fraction of sp³-hybridized carbons (Fsp3) is 0.556. The van der Waals surface area contributed by atoms with E-state index >= 15 is 0 Å². The van der Waals surface area contributed by atoms with Gasteiger partial charge in [-0.15, -0.1) is 0 Å². The normalized spacial score (nSPS) is 16.5. The zero-order chi connectivity index (χ0) is 15.5. The van der Waals surface area contributed by atoms with Crippen LogP contribution in [0.5, 0.6) is 0 Å². The van der Waals surface area contributed by atoms with Crippen LogP contribution in [0.25, 0.3) is 5.65 Å². The maximum Gasteiger partial charge on any atom is 0.258 e. The number of pyridine rings is 1. The third kappa shape index (κ3) is 3.55. The van der Waals surface area contributed by atoms with Gasteiger partial charge in [-0.1, -0.05) is 25.3 Å². The summed E-state index contributed by atoms with van der Waals surface area (Å²) in [5.74, 6) is 0.808. The Morgan fingerprint density at radius 1 is 1.27 bits per heavy atom. The fourth-order valence-corrected chi connectivity index (χ4v) is 3.49. The van der Waals surface area contributed by atoms with Gasteiger partial charge in [-0.3, -0.25) is 9.20 Å². The molecule has 1 saturated carbocycles. The summed E-state index contributed by atoms with van der Waals surface area (Å²) in [5.41, 5.74) is 2.68. The van der Waals surface area contributed by atoms with E-state index in [0.29, 0.717) is 0 Å². The summed E-state index contributed by atoms with van der Waals surface area (Å²) in [6, 6.07) is 5.59. The Labute approximate surface area is 131 Å². The van der Waals surface area contributed by atoms with Crippen molar-refractivity contribution < 1.29 is 0 Å². The van der Waals surface area contributed by atoms with Crippen LogP contribution in [0, 0.1) is 12.8 Å². The number of hydrogen-bond acceptors (Lipinski definition) is 3. The van der Waals surface area contributed by atoms with Gasteiger partial charge < -0.3 is 4.90 Å². The van der Waals surface area contributed by atoms with Crippen LogP contribution in [0.1, 0.15) is 43.4 Å². The van der Waals surface area contributed by atoms with E-state index in [1.807, 2.05) is 25.3 Å². The summed E-state index contributed by atoms with van der Waals surface area (Å²) in [6.45, 7) is 3.84. The van der Waals surface area contributed by atoms with Crippen LogP contribution in [0.15, 0.2) is 29.2 Å². The molecule has 3 rings (SSSR count). The van der Waals surface area contributed by atoms with Crippen molar-refractivity contribution in [2.45, 2.75) is 45.6 Å². The van der Waals surface area contributed by atoms with E-state index in [2.05, 4.69) is 16.9 Å². The Balaban J connectivity index is 1.73. The summed E-state index contributed by atoms with van der Waals surface area (Å²) >= 11 is 0. The molecular weight excluding hydrogens is 274 g/mol. The van der Waals surface area contributed by atoms with Gasteiger partial charge >= 0.3 is 0 Å². The van der Waals surface area contributed by atoms with Crippen molar-refractivity contribution >= 4 is 5.65 Å². The molecule has 0 N–H and O–H groups in total. The molecule has 2 heterocycles. The first-order valence-corrected chi connectivity index (χ1v) is 8.29. The molecule has 0 radical (unpaired) electrons. The number of aromatic nitrogens is 2. The Morgan fingerprint density at radius 3 is 2.82 bits per heavy atom. The van der Waals surface area contributed by atoms with Crippen LogP contribution in [0.3, 0.4) is 0 Å². The molecule has 0 aromatic carbocycles. The minimum absolute atomic E-state index is 0.00904. The molecule has 1 fully saturated rings. The molecule has 0 atom stereocenters. The number of fused-ring (bicyclic) bond motifs is 1.